The molecule has 0 bridgehead atoms. The number of fused-ring (bicyclic) bond motifs is 1. The van der Waals surface area contributed by atoms with Gasteiger partial charge >= 0.3 is 5.97 Å². The molecule has 9 heteroatoms. The zero-order valence-corrected chi connectivity index (χ0v) is 23.2. The highest BCUT2D eigenvalue weighted by Gasteiger charge is 2.19. The molecule has 9 nitrogen and oxygen atoms in total. The van der Waals surface area contributed by atoms with Gasteiger partial charge in [-0.15, -0.1) is 0 Å². The molecule has 4 rings (SSSR count). The van der Waals surface area contributed by atoms with Crippen LogP contribution in [-0.4, -0.2) is 65.7 Å². The van der Waals surface area contributed by atoms with E-state index in [1.165, 1.54) is 0 Å². The summed E-state index contributed by atoms with van der Waals surface area (Å²) in [5.41, 5.74) is 13.0. The smallest absolute Gasteiger partial charge is 0.340 e. The molecular weight excluding hydrogens is 478 g/mol. The Morgan fingerprint density at radius 3 is 2.63 bits per heavy atom. The summed E-state index contributed by atoms with van der Waals surface area (Å²) >= 11 is 0. The molecule has 0 spiro atoms. The molecule has 4 aromatic rings. The van der Waals surface area contributed by atoms with Gasteiger partial charge in [0.2, 0.25) is 5.95 Å². The first-order valence-corrected chi connectivity index (χ1v) is 12.7. The van der Waals surface area contributed by atoms with Crippen LogP contribution in [-0.2, 0) is 11.8 Å². The number of benzene rings is 2. The third kappa shape index (κ3) is 5.73. The van der Waals surface area contributed by atoms with Crippen molar-refractivity contribution in [1.82, 2.24) is 19.4 Å². The zero-order valence-electron chi connectivity index (χ0n) is 23.2. The molecular formula is C29H37N7O2. The number of hydrogen-bond donors (Lipinski definition) is 2. The van der Waals surface area contributed by atoms with Gasteiger partial charge in [-0.05, 0) is 64.7 Å². The summed E-state index contributed by atoms with van der Waals surface area (Å²) in [7, 11) is 8.08. The third-order valence-corrected chi connectivity index (χ3v) is 6.41. The van der Waals surface area contributed by atoms with Crippen LogP contribution >= 0.6 is 0 Å². The molecule has 2 heterocycles. The molecule has 0 atom stereocenters. The molecule has 0 unspecified atom stereocenters. The summed E-state index contributed by atoms with van der Waals surface area (Å²) in [5, 5.41) is 4.25. The molecule has 2 aromatic carbocycles. The highest BCUT2D eigenvalue weighted by Crippen LogP contribution is 2.33. The van der Waals surface area contributed by atoms with Gasteiger partial charge in [-0.25, -0.2) is 14.8 Å². The predicted molar refractivity (Wildman–Crippen MR) is 155 cm³/mol. The van der Waals surface area contributed by atoms with Crippen molar-refractivity contribution in [2.24, 2.45) is 7.05 Å². The summed E-state index contributed by atoms with van der Waals surface area (Å²) in [6, 6.07) is 11.5. The number of hydrogen-bond acceptors (Lipinski definition) is 8. The van der Waals surface area contributed by atoms with E-state index in [-0.39, 0.29) is 12.1 Å². The monoisotopic (exact) mass is 515 g/mol. The lowest BCUT2D eigenvalue weighted by Gasteiger charge is -2.24. The maximum absolute atomic E-state index is 12.7. The van der Waals surface area contributed by atoms with Gasteiger partial charge in [0.25, 0.3) is 0 Å². The number of nitrogens with zero attached hydrogens (tertiary/aromatic N) is 5. The van der Waals surface area contributed by atoms with Crippen LogP contribution in [0.5, 0.6) is 0 Å². The first kappa shape index (κ1) is 26.9. The second-order valence-corrected chi connectivity index (χ2v) is 10.2. The Balaban J connectivity index is 1.64. The molecule has 2 aromatic heterocycles. The zero-order chi connectivity index (χ0) is 27.6. The lowest BCUT2D eigenvalue weighted by molar-refractivity contribution is 0.0380. The highest BCUT2D eigenvalue weighted by atomic mass is 16.5. The summed E-state index contributed by atoms with van der Waals surface area (Å²) < 4.78 is 7.40. The van der Waals surface area contributed by atoms with Crippen molar-refractivity contribution in [1.29, 1.82) is 0 Å². The molecule has 0 aliphatic carbocycles. The summed E-state index contributed by atoms with van der Waals surface area (Å²) in [6.07, 6.45) is 3.51. The second kappa shape index (κ2) is 11.1. The average molecular weight is 516 g/mol. The van der Waals surface area contributed by atoms with E-state index in [1.54, 1.807) is 12.3 Å². The maximum Gasteiger partial charge on any atom is 0.340 e. The number of nitrogens with one attached hydrogen (secondary N) is 1. The second-order valence-electron chi connectivity index (χ2n) is 10.2. The van der Waals surface area contributed by atoms with Crippen molar-refractivity contribution in [3.8, 4) is 11.3 Å². The predicted octanol–water partition coefficient (Wildman–Crippen LogP) is 4.83. The summed E-state index contributed by atoms with van der Waals surface area (Å²) in [5.74, 6) is 0.123. The van der Waals surface area contributed by atoms with Gasteiger partial charge in [0, 0.05) is 56.2 Å². The van der Waals surface area contributed by atoms with E-state index in [0.717, 1.165) is 52.2 Å². The van der Waals surface area contributed by atoms with Crippen LogP contribution in [0.4, 0.5) is 23.0 Å². The third-order valence-electron chi connectivity index (χ3n) is 6.41. The molecule has 0 amide bonds. The summed E-state index contributed by atoms with van der Waals surface area (Å²) in [4.78, 5) is 26.3. The molecule has 0 aliphatic rings. The maximum atomic E-state index is 12.7. The van der Waals surface area contributed by atoms with Crippen LogP contribution < -0.4 is 16.0 Å². The average Bonchev–Trinajstić information content (AvgIpc) is 3.21. The lowest BCUT2D eigenvalue weighted by Crippen LogP contribution is -2.29. The van der Waals surface area contributed by atoms with E-state index in [1.807, 2.05) is 69.9 Å². The topological polar surface area (TPSA) is 102 Å². The number of rotatable bonds is 9. The quantitative estimate of drug-likeness (QED) is 0.241. The molecule has 38 heavy (non-hydrogen) atoms. The van der Waals surface area contributed by atoms with Gasteiger partial charge in [-0.1, -0.05) is 12.1 Å². The number of aromatic nitrogens is 3. The minimum absolute atomic E-state index is 0.196. The Bertz CT molecular complexity index is 1460. The Kier molecular flexibility index (Phi) is 7.87. The van der Waals surface area contributed by atoms with Crippen molar-refractivity contribution in [3.05, 3.63) is 59.9 Å². The van der Waals surface area contributed by atoms with E-state index in [0.29, 0.717) is 17.2 Å². The van der Waals surface area contributed by atoms with Crippen LogP contribution in [0.3, 0.4) is 0 Å². The number of likely N-dealkylation sites (N-methyl/N-ethyl adjacent to an activating group) is 2. The van der Waals surface area contributed by atoms with E-state index in [9.17, 15) is 4.79 Å². The first-order chi connectivity index (χ1) is 18.0. The normalized spacial score (nSPS) is 11.4. The van der Waals surface area contributed by atoms with E-state index in [4.69, 9.17) is 15.5 Å². The van der Waals surface area contributed by atoms with Crippen molar-refractivity contribution < 1.29 is 9.53 Å². The van der Waals surface area contributed by atoms with Gasteiger partial charge in [0.15, 0.2) is 0 Å². The fraction of sp³-hybridized carbons (Fsp3) is 0.345. The van der Waals surface area contributed by atoms with Crippen LogP contribution in [0.25, 0.3) is 22.2 Å². The molecule has 200 valence electrons. The van der Waals surface area contributed by atoms with Crippen molar-refractivity contribution in [3.63, 3.8) is 0 Å². The highest BCUT2D eigenvalue weighted by molar-refractivity contribution is 6.07. The molecule has 3 N–H and O–H groups in total. The van der Waals surface area contributed by atoms with Gasteiger partial charge in [0.05, 0.1) is 34.3 Å². The number of anilines is 4. The molecule has 0 radical (unpaired) electrons. The SMILES string of the molecule is Cc1cc(N(C)CCN(C)C)c(N)cc1Nc1nccc(-c2cn(C)c3c(C(=O)OC(C)C)cccc23)n1. The Hall–Kier alpha value is -4.11. The number of para-hydroxylation sites is 1. The van der Waals surface area contributed by atoms with Gasteiger partial charge in [-0.2, -0.15) is 0 Å². The van der Waals surface area contributed by atoms with Gasteiger partial charge in [0.1, 0.15) is 0 Å². The molecule has 0 saturated carbocycles. The van der Waals surface area contributed by atoms with Crippen LogP contribution in [0.1, 0.15) is 29.8 Å². The lowest BCUT2D eigenvalue weighted by atomic mass is 10.1. The fourth-order valence-corrected chi connectivity index (χ4v) is 4.45. The standard InChI is InChI=1S/C29H37N7O2/c1-18(2)38-28(37)21-10-8-9-20-22(17-36(7)27(20)21)24-11-12-31-29(32-24)33-25-16-23(30)26(15-19(25)3)35(6)14-13-34(4)5/h8-12,15-18H,13-14,30H2,1-7H3,(H,31,32,33). The number of esters is 1. The van der Waals surface area contributed by atoms with E-state index >= 15 is 0 Å². The molecule has 0 fully saturated rings. The Morgan fingerprint density at radius 1 is 1.16 bits per heavy atom. The largest absolute Gasteiger partial charge is 0.459 e. The van der Waals surface area contributed by atoms with E-state index in [2.05, 4.69) is 40.3 Å². The minimum Gasteiger partial charge on any atom is -0.459 e. The number of carbonyl (C=O) groups is 1. The number of ether oxygens (including phenoxy) is 1. The molecule has 0 saturated heterocycles. The minimum atomic E-state index is -0.340. The van der Waals surface area contributed by atoms with Crippen LogP contribution in [0, 0.1) is 6.92 Å². The number of nitrogens with two attached hydrogens (primary N) is 1. The van der Waals surface area contributed by atoms with Crippen LogP contribution in [0.2, 0.25) is 0 Å². The number of carbonyl (C=O) groups excluding carboxylic acids is 1. The van der Waals surface area contributed by atoms with Crippen LogP contribution in [0.15, 0.2) is 48.8 Å². The van der Waals surface area contributed by atoms with Crippen molar-refractivity contribution in [2.75, 3.05) is 50.2 Å². The first-order valence-electron chi connectivity index (χ1n) is 12.7. The summed E-state index contributed by atoms with van der Waals surface area (Å²) in [6.45, 7) is 7.53. The number of nitrogen functional groups attached to an aromatic ring is 1. The Morgan fingerprint density at radius 2 is 1.92 bits per heavy atom. The van der Waals surface area contributed by atoms with Gasteiger partial charge < -0.3 is 30.2 Å². The fourth-order valence-electron chi connectivity index (χ4n) is 4.45. The van der Waals surface area contributed by atoms with Gasteiger partial charge in [-0.3, -0.25) is 0 Å². The van der Waals surface area contributed by atoms with Crippen molar-refractivity contribution >= 4 is 39.9 Å². The van der Waals surface area contributed by atoms with E-state index < -0.39 is 0 Å². The number of aryl methyl sites for hydroxylation is 2. The molecule has 0 aliphatic heterocycles. The van der Waals surface area contributed by atoms with Crippen molar-refractivity contribution in [2.45, 2.75) is 26.9 Å². The Labute approximate surface area is 224 Å².